The Morgan fingerprint density at radius 2 is 1.96 bits per heavy atom. The van der Waals surface area contributed by atoms with Crippen molar-refractivity contribution in [3.63, 3.8) is 0 Å². The second-order valence-electron chi connectivity index (χ2n) is 6.62. The smallest absolute Gasteiger partial charge is 0.253 e. The number of pyridine rings is 1. The highest BCUT2D eigenvalue weighted by Gasteiger charge is 2.21. The van der Waals surface area contributed by atoms with Crippen LogP contribution in [0.1, 0.15) is 40.5 Å². The van der Waals surface area contributed by atoms with Gasteiger partial charge in [0, 0.05) is 31.9 Å². The van der Waals surface area contributed by atoms with Gasteiger partial charge in [0.15, 0.2) is 5.65 Å². The van der Waals surface area contributed by atoms with Crippen LogP contribution >= 0.6 is 0 Å². The van der Waals surface area contributed by atoms with Crippen LogP contribution < -0.4 is 10.1 Å². The maximum Gasteiger partial charge on any atom is 0.253 e. The van der Waals surface area contributed by atoms with Crippen LogP contribution in [-0.4, -0.2) is 40.8 Å². The number of nitrogens with zero attached hydrogens (tertiary/aromatic N) is 3. The summed E-state index contributed by atoms with van der Waals surface area (Å²) in [7, 11) is 1.63. The lowest BCUT2D eigenvalue weighted by Gasteiger charge is -2.20. The molecule has 0 radical (unpaired) electrons. The number of fused-ring (bicyclic) bond motifs is 1. The quantitative estimate of drug-likeness (QED) is 0.751. The molecule has 0 saturated carbocycles. The molecule has 2 aromatic heterocycles. The van der Waals surface area contributed by atoms with Gasteiger partial charge in [-0.1, -0.05) is 12.1 Å². The van der Waals surface area contributed by atoms with E-state index in [9.17, 15) is 4.79 Å². The van der Waals surface area contributed by atoms with E-state index in [0.717, 1.165) is 48.8 Å². The lowest BCUT2D eigenvalue weighted by molar-refractivity contribution is 0.0833. The van der Waals surface area contributed by atoms with Crippen molar-refractivity contribution in [3.05, 3.63) is 59.5 Å². The summed E-state index contributed by atoms with van der Waals surface area (Å²) in [4.78, 5) is 12.6. The Bertz CT molecular complexity index is 930. The SMILES string of the molecule is COc1ccc(CNC(=O)c2ccc3nnc(C4CCOCC4)n3c2)cc1. The van der Waals surface area contributed by atoms with Crippen molar-refractivity contribution in [3.8, 4) is 5.75 Å². The van der Waals surface area contributed by atoms with E-state index in [0.29, 0.717) is 18.0 Å². The topological polar surface area (TPSA) is 77.8 Å². The molecular formula is C20H22N4O3. The molecule has 1 saturated heterocycles. The summed E-state index contributed by atoms with van der Waals surface area (Å²) in [5.74, 6) is 1.88. The second kappa shape index (κ2) is 7.75. The Morgan fingerprint density at radius 3 is 2.70 bits per heavy atom. The molecule has 140 valence electrons. The van der Waals surface area contributed by atoms with Crippen LogP contribution in [0.4, 0.5) is 0 Å². The van der Waals surface area contributed by atoms with Crippen molar-refractivity contribution < 1.29 is 14.3 Å². The first-order valence-electron chi connectivity index (χ1n) is 9.08. The van der Waals surface area contributed by atoms with E-state index in [1.54, 1.807) is 13.2 Å². The normalized spacial score (nSPS) is 15.0. The number of rotatable bonds is 5. The summed E-state index contributed by atoms with van der Waals surface area (Å²) in [5, 5.41) is 11.5. The molecule has 1 fully saturated rings. The molecule has 1 aromatic carbocycles. The van der Waals surface area contributed by atoms with Gasteiger partial charge in [-0.25, -0.2) is 0 Å². The molecule has 1 amide bonds. The lowest BCUT2D eigenvalue weighted by Crippen LogP contribution is -2.23. The fraction of sp³-hybridized carbons (Fsp3) is 0.350. The molecule has 27 heavy (non-hydrogen) atoms. The minimum atomic E-state index is -0.126. The van der Waals surface area contributed by atoms with E-state index in [4.69, 9.17) is 9.47 Å². The van der Waals surface area contributed by atoms with Crippen LogP contribution in [0.25, 0.3) is 5.65 Å². The molecule has 0 spiro atoms. The number of carbonyl (C=O) groups is 1. The Kier molecular flexibility index (Phi) is 5.02. The van der Waals surface area contributed by atoms with Crippen molar-refractivity contribution in [2.45, 2.75) is 25.3 Å². The van der Waals surface area contributed by atoms with E-state index >= 15 is 0 Å². The summed E-state index contributed by atoms with van der Waals surface area (Å²) < 4.78 is 12.5. The molecule has 1 aliphatic heterocycles. The molecular weight excluding hydrogens is 344 g/mol. The van der Waals surface area contributed by atoms with Gasteiger partial charge in [-0.15, -0.1) is 10.2 Å². The van der Waals surface area contributed by atoms with Crippen molar-refractivity contribution in [1.82, 2.24) is 19.9 Å². The van der Waals surface area contributed by atoms with E-state index < -0.39 is 0 Å². The predicted octanol–water partition coefficient (Wildman–Crippen LogP) is 2.56. The zero-order valence-electron chi connectivity index (χ0n) is 15.2. The highest BCUT2D eigenvalue weighted by atomic mass is 16.5. The summed E-state index contributed by atoms with van der Waals surface area (Å²) in [5.41, 5.74) is 2.35. The third-order valence-corrected chi connectivity index (χ3v) is 4.89. The van der Waals surface area contributed by atoms with Gasteiger partial charge in [0.25, 0.3) is 5.91 Å². The fourth-order valence-corrected chi connectivity index (χ4v) is 3.30. The number of nitrogens with one attached hydrogen (secondary N) is 1. The number of carbonyl (C=O) groups excluding carboxylic acids is 1. The molecule has 1 aliphatic rings. The maximum atomic E-state index is 12.6. The number of hydrogen-bond donors (Lipinski definition) is 1. The van der Waals surface area contributed by atoms with Crippen LogP contribution in [0.3, 0.4) is 0 Å². The van der Waals surface area contributed by atoms with Crippen molar-refractivity contribution in [1.29, 1.82) is 0 Å². The molecule has 4 rings (SSSR count). The van der Waals surface area contributed by atoms with Gasteiger partial charge >= 0.3 is 0 Å². The van der Waals surface area contributed by atoms with Gasteiger partial charge in [0.2, 0.25) is 0 Å². The standard InChI is InChI=1S/C20H22N4O3/c1-26-17-5-2-14(3-6-17)12-21-20(25)16-4-7-18-22-23-19(24(18)13-16)15-8-10-27-11-9-15/h2-7,13,15H,8-12H2,1H3,(H,21,25). The third kappa shape index (κ3) is 3.78. The second-order valence-corrected chi connectivity index (χ2v) is 6.62. The van der Waals surface area contributed by atoms with Crippen LogP contribution in [0, 0.1) is 0 Å². The van der Waals surface area contributed by atoms with Gasteiger partial charge < -0.3 is 14.8 Å². The van der Waals surface area contributed by atoms with Crippen LogP contribution in [-0.2, 0) is 11.3 Å². The third-order valence-electron chi connectivity index (χ3n) is 4.89. The van der Waals surface area contributed by atoms with E-state index in [2.05, 4.69) is 15.5 Å². The molecule has 0 unspecified atom stereocenters. The monoisotopic (exact) mass is 366 g/mol. The minimum absolute atomic E-state index is 0.126. The Morgan fingerprint density at radius 1 is 1.19 bits per heavy atom. The Balaban J connectivity index is 1.49. The van der Waals surface area contributed by atoms with Gasteiger partial charge in [-0.3, -0.25) is 9.20 Å². The fourth-order valence-electron chi connectivity index (χ4n) is 3.30. The molecule has 0 bridgehead atoms. The van der Waals surface area contributed by atoms with Crippen molar-refractivity contribution in [2.24, 2.45) is 0 Å². The Hall–Kier alpha value is -2.93. The molecule has 7 heteroatoms. The van der Waals surface area contributed by atoms with Gasteiger partial charge in [0.05, 0.1) is 12.7 Å². The summed E-state index contributed by atoms with van der Waals surface area (Å²) >= 11 is 0. The lowest BCUT2D eigenvalue weighted by atomic mass is 9.99. The first-order chi connectivity index (χ1) is 13.2. The first kappa shape index (κ1) is 17.5. The average molecular weight is 366 g/mol. The number of aromatic nitrogens is 3. The maximum absolute atomic E-state index is 12.6. The summed E-state index contributed by atoms with van der Waals surface area (Å²) in [6.45, 7) is 1.93. The summed E-state index contributed by atoms with van der Waals surface area (Å²) in [6.07, 6.45) is 3.67. The van der Waals surface area contributed by atoms with E-state index in [1.165, 1.54) is 0 Å². The molecule has 0 atom stereocenters. The van der Waals surface area contributed by atoms with Gasteiger partial charge in [-0.2, -0.15) is 0 Å². The zero-order chi connectivity index (χ0) is 18.6. The highest BCUT2D eigenvalue weighted by molar-refractivity contribution is 5.94. The van der Waals surface area contributed by atoms with E-state index in [-0.39, 0.29) is 5.91 Å². The number of methoxy groups -OCH3 is 1. The highest BCUT2D eigenvalue weighted by Crippen LogP contribution is 2.26. The van der Waals surface area contributed by atoms with Crippen LogP contribution in [0.5, 0.6) is 5.75 Å². The number of amides is 1. The minimum Gasteiger partial charge on any atom is -0.497 e. The first-order valence-corrected chi connectivity index (χ1v) is 9.08. The Labute approximate surface area is 157 Å². The summed E-state index contributed by atoms with van der Waals surface area (Å²) in [6, 6.07) is 11.2. The van der Waals surface area contributed by atoms with Gasteiger partial charge in [-0.05, 0) is 42.7 Å². The van der Waals surface area contributed by atoms with Crippen LogP contribution in [0.15, 0.2) is 42.6 Å². The number of benzene rings is 1. The molecule has 1 N–H and O–H groups in total. The molecule has 7 nitrogen and oxygen atoms in total. The number of ether oxygens (including phenoxy) is 2. The predicted molar refractivity (Wildman–Crippen MR) is 99.9 cm³/mol. The molecule has 3 aromatic rings. The van der Waals surface area contributed by atoms with Gasteiger partial charge in [0.1, 0.15) is 11.6 Å². The zero-order valence-corrected chi connectivity index (χ0v) is 15.2. The van der Waals surface area contributed by atoms with E-state index in [1.807, 2.05) is 40.9 Å². The molecule has 3 heterocycles. The number of hydrogen-bond acceptors (Lipinski definition) is 5. The van der Waals surface area contributed by atoms with Crippen molar-refractivity contribution in [2.75, 3.05) is 20.3 Å². The van der Waals surface area contributed by atoms with Crippen molar-refractivity contribution >= 4 is 11.6 Å². The largest absolute Gasteiger partial charge is 0.497 e. The average Bonchev–Trinajstić information content (AvgIpc) is 3.16. The molecule has 0 aliphatic carbocycles. The van der Waals surface area contributed by atoms with Crippen LogP contribution in [0.2, 0.25) is 0 Å².